The van der Waals surface area contributed by atoms with Crippen LogP contribution in [-0.2, 0) is 29.3 Å². The van der Waals surface area contributed by atoms with Gasteiger partial charge < -0.3 is 18.7 Å². The molecule has 1 unspecified atom stereocenters. The van der Waals surface area contributed by atoms with E-state index in [0.717, 1.165) is 0 Å². The van der Waals surface area contributed by atoms with Crippen LogP contribution in [0.15, 0.2) is 21.8 Å². The number of hydrogen-bond acceptors (Lipinski definition) is 8. The summed E-state index contributed by atoms with van der Waals surface area (Å²) in [5.41, 5.74) is -0.497. The number of furan rings is 1. The van der Waals surface area contributed by atoms with E-state index in [-0.39, 0.29) is 35.9 Å². The third-order valence-electron chi connectivity index (χ3n) is 7.69. The molecule has 1 saturated carbocycles. The van der Waals surface area contributed by atoms with Crippen molar-refractivity contribution in [2.75, 3.05) is 0 Å². The lowest BCUT2D eigenvalue weighted by atomic mass is 9.54. The van der Waals surface area contributed by atoms with Gasteiger partial charge in [0.05, 0.1) is 5.41 Å². The maximum Gasteiger partial charge on any atom is 0.342 e. The summed E-state index contributed by atoms with van der Waals surface area (Å²) in [6.07, 6.45) is 1.11. The van der Waals surface area contributed by atoms with Gasteiger partial charge in [-0.2, -0.15) is 0 Å². The van der Waals surface area contributed by atoms with Gasteiger partial charge in [0.2, 0.25) is 5.78 Å². The van der Waals surface area contributed by atoms with Crippen LogP contribution in [0.3, 0.4) is 0 Å². The molecule has 8 heteroatoms. The number of Topliss-reactive ketones (excluding diaryl/α,β-unsaturated/α-hetero) is 2. The van der Waals surface area contributed by atoms with Crippen molar-refractivity contribution in [1.82, 2.24) is 0 Å². The molecule has 4 aliphatic rings. The lowest BCUT2D eigenvalue weighted by molar-refractivity contribution is -0.149. The van der Waals surface area contributed by atoms with E-state index in [4.69, 9.17) is 13.9 Å². The van der Waals surface area contributed by atoms with E-state index in [1.165, 1.54) is 13.2 Å². The molecule has 0 amide bonds. The minimum atomic E-state index is -1.09. The molecule has 1 fully saturated rings. The second-order valence-corrected chi connectivity index (χ2v) is 9.24. The smallest absolute Gasteiger partial charge is 0.342 e. The molecule has 5 rings (SSSR count). The molecular weight excluding hydrogens is 404 g/mol. The molecule has 1 aliphatic heterocycles. The van der Waals surface area contributed by atoms with Crippen LogP contribution in [0.4, 0.5) is 0 Å². The van der Waals surface area contributed by atoms with Gasteiger partial charge in [0, 0.05) is 48.7 Å². The van der Waals surface area contributed by atoms with Crippen LogP contribution in [0.25, 0.3) is 0 Å². The topological polar surface area (TPSA) is 117 Å². The average Bonchev–Trinajstić information content (AvgIpc) is 3.27. The summed E-state index contributed by atoms with van der Waals surface area (Å²) in [5, 5.41) is 0. The summed E-state index contributed by atoms with van der Waals surface area (Å²) >= 11 is 0. The number of hydrogen-bond donors (Lipinski definition) is 0. The second kappa shape index (κ2) is 6.24. The molecule has 1 aromatic heterocycles. The van der Waals surface area contributed by atoms with Crippen LogP contribution in [0.2, 0.25) is 0 Å². The van der Waals surface area contributed by atoms with Gasteiger partial charge in [0.1, 0.15) is 36.1 Å². The summed E-state index contributed by atoms with van der Waals surface area (Å²) in [6.45, 7) is 4.88. The molecule has 1 aromatic rings. The Hall–Kier alpha value is -3.03. The van der Waals surface area contributed by atoms with Crippen LogP contribution in [0.5, 0.6) is 0 Å². The molecule has 31 heavy (non-hydrogen) atoms. The fourth-order valence-electron chi connectivity index (χ4n) is 6.30. The molecule has 0 N–H and O–H groups in total. The predicted molar refractivity (Wildman–Crippen MR) is 103 cm³/mol. The molecule has 8 nitrogen and oxygen atoms in total. The molecule has 162 valence electrons. The van der Waals surface area contributed by atoms with E-state index in [1.54, 1.807) is 6.92 Å². The van der Waals surface area contributed by atoms with Crippen molar-refractivity contribution in [3.63, 3.8) is 0 Å². The maximum atomic E-state index is 13.7. The Labute approximate surface area is 177 Å². The van der Waals surface area contributed by atoms with Crippen molar-refractivity contribution in [3.05, 3.63) is 34.3 Å². The lowest BCUT2D eigenvalue weighted by Gasteiger charge is -2.51. The first-order chi connectivity index (χ1) is 14.6. The quantitative estimate of drug-likeness (QED) is 0.534. The van der Waals surface area contributed by atoms with E-state index in [2.05, 4.69) is 0 Å². The van der Waals surface area contributed by atoms with E-state index in [0.29, 0.717) is 35.8 Å². The van der Waals surface area contributed by atoms with E-state index < -0.39 is 40.8 Å². The highest BCUT2D eigenvalue weighted by Gasteiger charge is 2.64. The molecule has 0 saturated heterocycles. The van der Waals surface area contributed by atoms with Gasteiger partial charge >= 0.3 is 11.9 Å². The average molecular weight is 426 g/mol. The molecular formula is C23H22O8. The van der Waals surface area contributed by atoms with Crippen molar-refractivity contribution in [2.45, 2.75) is 64.1 Å². The molecule has 5 atom stereocenters. The highest BCUT2D eigenvalue weighted by Crippen LogP contribution is 2.61. The zero-order chi connectivity index (χ0) is 22.3. The first kappa shape index (κ1) is 19.9. The Morgan fingerprint density at radius 3 is 2.71 bits per heavy atom. The fourth-order valence-corrected chi connectivity index (χ4v) is 6.30. The van der Waals surface area contributed by atoms with Crippen LogP contribution in [0.1, 0.15) is 72.9 Å². The molecule has 3 aliphatic carbocycles. The van der Waals surface area contributed by atoms with Crippen molar-refractivity contribution < 1.29 is 37.9 Å². The number of cyclic esters (lactones) is 1. The molecule has 0 radical (unpaired) electrons. The highest BCUT2D eigenvalue weighted by atomic mass is 16.6. The van der Waals surface area contributed by atoms with Crippen molar-refractivity contribution in [3.8, 4) is 0 Å². The van der Waals surface area contributed by atoms with Gasteiger partial charge in [-0.05, 0) is 18.9 Å². The number of aldehydes is 1. The Bertz CT molecular complexity index is 1110. The van der Waals surface area contributed by atoms with E-state index in [1.807, 2.05) is 6.92 Å². The normalized spacial score (nSPS) is 35.8. The van der Waals surface area contributed by atoms with Crippen molar-refractivity contribution in [2.24, 2.45) is 11.3 Å². The first-order valence-electron chi connectivity index (χ1n) is 10.4. The number of ketones is 2. The summed E-state index contributed by atoms with van der Waals surface area (Å²) in [4.78, 5) is 62.5. The van der Waals surface area contributed by atoms with Crippen LogP contribution in [-0.4, -0.2) is 42.0 Å². The van der Waals surface area contributed by atoms with Crippen LogP contribution < -0.4 is 0 Å². The number of carbonyl (C=O) groups excluding carboxylic acids is 5. The highest BCUT2D eigenvalue weighted by molar-refractivity contribution is 6.14. The van der Waals surface area contributed by atoms with Crippen LogP contribution >= 0.6 is 0 Å². The van der Waals surface area contributed by atoms with Gasteiger partial charge in [-0.1, -0.05) is 6.92 Å². The van der Waals surface area contributed by atoms with Crippen LogP contribution in [0, 0.1) is 11.3 Å². The zero-order valence-electron chi connectivity index (χ0n) is 17.5. The largest absolute Gasteiger partial charge is 0.460 e. The summed E-state index contributed by atoms with van der Waals surface area (Å²) in [7, 11) is 0. The fraction of sp³-hybridized carbons (Fsp3) is 0.522. The minimum absolute atomic E-state index is 0.0320. The summed E-state index contributed by atoms with van der Waals surface area (Å²) in [6, 6.07) is 0. The molecule has 0 aromatic carbocycles. The number of ether oxygens (including phenoxy) is 2. The third kappa shape index (κ3) is 2.33. The van der Waals surface area contributed by atoms with Gasteiger partial charge in [-0.25, -0.2) is 4.79 Å². The number of allylic oxidation sites excluding steroid dienone is 1. The standard InChI is InChI=1S/C23H22O8/c1-10(25)30-13-8-22(2)12(4-5-14(22)26)16-18(13)23(3)15(6-7-24)31-21(28)11-9-29-20(17(11)23)19(16)27/h7,9,12-13,15H,4-6,8H2,1-3H3/t12?,13-,15-,22+,23+/m1/s1. The minimum Gasteiger partial charge on any atom is -0.460 e. The molecule has 0 bridgehead atoms. The lowest BCUT2D eigenvalue weighted by Crippen LogP contribution is -2.56. The van der Waals surface area contributed by atoms with Crippen molar-refractivity contribution >= 4 is 29.8 Å². The van der Waals surface area contributed by atoms with Gasteiger partial charge in [0.25, 0.3) is 0 Å². The Balaban J connectivity index is 1.83. The number of rotatable bonds is 3. The van der Waals surface area contributed by atoms with Crippen molar-refractivity contribution in [1.29, 1.82) is 0 Å². The number of fused-ring (bicyclic) bond motifs is 3. The zero-order valence-corrected chi connectivity index (χ0v) is 17.5. The number of esters is 2. The summed E-state index contributed by atoms with van der Waals surface area (Å²) in [5.74, 6) is -1.89. The monoisotopic (exact) mass is 426 g/mol. The maximum absolute atomic E-state index is 13.7. The van der Waals surface area contributed by atoms with Gasteiger partial charge in [-0.3, -0.25) is 14.4 Å². The Morgan fingerprint density at radius 2 is 2.03 bits per heavy atom. The summed E-state index contributed by atoms with van der Waals surface area (Å²) < 4.78 is 16.9. The first-order valence-corrected chi connectivity index (χ1v) is 10.4. The number of carbonyl (C=O) groups is 5. The van der Waals surface area contributed by atoms with E-state index in [9.17, 15) is 24.0 Å². The molecule has 0 spiro atoms. The molecule has 2 heterocycles. The second-order valence-electron chi connectivity index (χ2n) is 9.24. The van der Waals surface area contributed by atoms with Gasteiger partial charge in [0.15, 0.2) is 5.76 Å². The predicted octanol–water partition coefficient (Wildman–Crippen LogP) is 2.48. The van der Waals surface area contributed by atoms with E-state index >= 15 is 0 Å². The third-order valence-corrected chi connectivity index (χ3v) is 7.69. The Morgan fingerprint density at radius 1 is 1.29 bits per heavy atom. The SMILES string of the molecule is CC(=O)O[C@@H]1C[C@]2(C)C(=O)CCC2C2=C1[C@]1(C)c3c(coc3C2=O)C(=O)O[C@@H]1CC=O. The Kier molecular flexibility index (Phi) is 4.01. The van der Waals surface area contributed by atoms with Gasteiger partial charge in [-0.15, -0.1) is 0 Å².